The Morgan fingerprint density at radius 1 is 1.24 bits per heavy atom. The normalized spacial score (nSPS) is 17.6. The Morgan fingerprint density at radius 2 is 2.08 bits per heavy atom. The molecule has 1 amide bonds. The molecule has 5 heterocycles. The number of hydrogen-bond donors (Lipinski definition) is 4. The largest absolute Gasteiger partial charge is 0.493 e. The predicted molar refractivity (Wildman–Crippen MR) is 139 cm³/mol. The van der Waals surface area contributed by atoms with E-state index >= 15 is 0 Å². The second-order valence-corrected chi connectivity index (χ2v) is 10.6. The molecule has 4 aromatic rings. The number of nitrogens with zero attached hydrogens (tertiary/aromatic N) is 5. The molecule has 0 unspecified atom stereocenters. The molecule has 2 aliphatic rings. The number of carbonyl (C=O) groups excluding carboxylic acids is 1. The van der Waals surface area contributed by atoms with Gasteiger partial charge in [-0.05, 0) is 57.0 Å². The molecule has 1 aliphatic heterocycles. The number of aromatic amines is 2. The first-order valence-corrected chi connectivity index (χ1v) is 13.4. The van der Waals surface area contributed by atoms with Gasteiger partial charge < -0.3 is 20.3 Å². The van der Waals surface area contributed by atoms with Gasteiger partial charge in [-0.25, -0.2) is 9.78 Å². The highest BCUT2D eigenvalue weighted by molar-refractivity contribution is 7.17. The van der Waals surface area contributed by atoms with Crippen molar-refractivity contribution >= 4 is 29.0 Å². The molecular weight excluding hydrogens is 492 g/mol. The summed E-state index contributed by atoms with van der Waals surface area (Å²) in [6, 6.07) is 5.89. The molecule has 4 aromatic heterocycles. The monoisotopic (exact) mass is 520 g/mol. The Kier molecular flexibility index (Phi) is 6.35. The molecule has 192 valence electrons. The molecule has 0 radical (unpaired) electrons. The Morgan fingerprint density at radius 3 is 2.84 bits per heavy atom. The summed E-state index contributed by atoms with van der Waals surface area (Å²) in [6.07, 6.45) is 9.08. The van der Waals surface area contributed by atoms with Crippen molar-refractivity contribution in [1.82, 2.24) is 34.8 Å². The van der Waals surface area contributed by atoms with Crippen LogP contribution in [0.2, 0.25) is 0 Å². The first-order valence-electron chi connectivity index (χ1n) is 12.6. The summed E-state index contributed by atoms with van der Waals surface area (Å²) in [7, 11) is 0. The van der Waals surface area contributed by atoms with Crippen molar-refractivity contribution in [1.29, 1.82) is 0 Å². The molecule has 11 nitrogen and oxygen atoms in total. The summed E-state index contributed by atoms with van der Waals surface area (Å²) in [6.45, 7) is 3.71. The Balaban J connectivity index is 1.30. The summed E-state index contributed by atoms with van der Waals surface area (Å²) in [5, 5.41) is 18.1. The van der Waals surface area contributed by atoms with Gasteiger partial charge >= 0.3 is 5.69 Å². The van der Waals surface area contributed by atoms with Gasteiger partial charge in [-0.3, -0.25) is 14.8 Å². The summed E-state index contributed by atoms with van der Waals surface area (Å²) >= 11 is 1.39. The molecule has 0 atom stereocenters. The number of amides is 1. The highest BCUT2D eigenvalue weighted by Gasteiger charge is 2.21. The van der Waals surface area contributed by atoms with Crippen LogP contribution in [0.15, 0.2) is 34.2 Å². The van der Waals surface area contributed by atoms with Crippen molar-refractivity contribution in [3.8, 4) is 16.5 Å². The van der Waals surface area contributed by atoms with E-state index in [1.807, 2.05) is 18.2 Å². The van der Waals surface area contributed by atoms with Gasteiger partial charge in [0.15, 0.2) is 11.1 Å². The number of nitrogens with one attached hydrogen (secondary N) is 3. The van der Waals surface area contributed by atoms with Gasteiger partial charge in [0.2, 0.25) is 5.88 Å². The molecule has 2 fully saturated rings. The Labute approximate surface area is 215 Å². The van der Waals surface area contributed by atoms with E-state index in [4.69, 9.17) is 9.98 Å². The van der Waals surface area contributed by atoms with Gasteiger partial charge in [-0.2, -0.15) is 9.61 Å². The lowest BCUT2D eigenvalue weighted by Crippen LogP contribution is -2.37. The second-order valence-electron chi connectivity index (χ2n) is 9.50. The van der Waals surface area contributed by atoms with Gasteiger partial charge in [-0.15, -0.1) is 11.3 Å². The van der Waals surface area contributed by atoms with Crippen LogP contribution < -0.4 is 21.7 Å². The number of carbonyl (C=O) groups is 1. The van der Waals surface area contributed by atoms with E-state index in [0.29, 0.717) is 33.5 Å². The van der Waals surface area contributed by atoms with Crippen molar-refractivity contribution in [2.45, 2.75) is 38.1 Å². The average Bonchev–Trinajstić information content (AvgIpc) is 3.26. The standard InChI is InChI=1S/C25H28N8O3S/c34-23-18(30-25(36)31-23)12-15-14-27-33-21(28-16-4-5-16)13-17(29-22(15)33)19-6-7-20(37-19)24(35)26-8-11-32-9-2-1-3-10-32/h6-7,12-14,16,34H,1-5,8-11H2,(H,26,35)(H2,30,31,36). The third-order valence-electron chi connectivity index (χ3n) is 6.62. The van der Waals surface area contributed by atoms with Crippen LogP contribution >= 0.6 is 11.3 Å². The third kappa shape index (κ3) is 5.20. The number of piperidine rings is 1. The van der Waals surface area contributed by atoms with E-state index in [9.17, 15) is 14.7 Å². The maximum Gasteiger partial charge on any atom is 0.326 e. The quantitative estimate of drug-likeness (QED) is 0.286. The van der Waals surface area contributed by atoms with Crippen LogP contribution in [0.1, 0.15) is 47.5 Å². The average molecular weight is 521 g/mol. The topological polar surface area (TPSA) is 144 Å². The van der Waals surface area contributed by atoms with Crippen molar-refractivity contribution in [3.05, 3.63) is 56.2 Å². The molecule has 4 N–H and O–H groups in total. The molecule has 1 saturated carbocycles. The minimum atomic E-state index is -0.501. The van der Waals surface area contributed by atoms with Crippen LogP contribution in [-0.2, 0) is 0 Å². The Bertz CT molecular complexity index is 1620. The maximum absolute atomic E-state index is 12.8. The highest BCUT2D eigenvalue weighted by atomic mass is 32.1. The summed E-state index contributed by atoms with van der Waals surface area (Å²) < 4.78 is 1.66. The van der Waals surface area contributed by atoms with Crippen LogP contribution in [0.3, 0.4) is 0 Å². The fourth-order valence-electron chi connectivity index (χ4n) is 4.52. The van der Waals surface area contributed by atoms with E-state index in [2.05, 4.69) is 25.3 Å². The van der Waals surface area contributed by atoms with Gasteiger partial charge in [0.1, 0.15) is 5.69 Å². The number of rotatable bonds is 7. The first-order chi connectivity index (χ1) is 18.0. The zero-order valence-electron chi connectivity index (χ0n) is 20.2. The SMILES string of the molecule is O=C(NCCN1CCCCC1)c1ccc(-c2cc(=NC3CC3)n3ncc(=Cc4[nH]c(=O)[nH]c4O)c3n2)s1. The number of aromatic nitrogens is 5. The van der Waals surface area contributed by atoms with E-state index in [0.717, 1.165) is 37.4 Å². The van der Waals surface area contributed by atoms with Crippen LogP contribution in [0.4, 0.5) is 0 Å². The van der Waals surface area contributed by atoms with Crippen molar-refractivity contribution in [2.24, 2.45) is 4.99 Å². The molecule has 0 aromatic carbocycles. The zero-order valence-corrected chi connectivity index (χ0v) is 21.1. The number of thiophene rings is 1. The molecule has 6 rings (SSSR count). The maximum atomic E-state index is 12.8. The van der Waals surface area contributed by atoms with Crippen LogP contribution in [0, 0.1) is 0 Å². The Hall–Kier alpha value is -3.77. The fourth-order valence-corrected chi connectivity index (χ4v) is 5.40. The van der Waals surface area contributed by atoms with Crippen molar-refractivity contribution in [2.75, 3.05) is 26.2 Å². The van der Waals surface area contributed by atoms with Gasteiger partial charge in [0, 0.05) is 24.4 Å². The minimum absolute atomic E-state index is 0.0810. The molecule has 0 bridgehead atoms. The molecule has 37 heavy (non-hydrogen) atoms. The van der Waals surface area contributed by atoms with E-state index in [1.54, 1.807) is 16.8 Å². The van der Waals surface area contributed by atoms with Gasteiger partial charge in [0.25, 0.3) is 5.91 Å². The van der Waals surface area contributed by atoms with Crippen LogP contribution in [0.5, 0.6) is 5.88 Å². The van der Waals surface area contributed by atoms with Gasteiger partial charge in [0.05, 0.1) is 27.7 Å². The van der Waals surface area contributed by atoms with Crippen LogP contribution in [0.25, 0.3) is 22.3 Å². The third-order valence-corrected chi connectivity index (χ3v) is 7.73. The number of aromatic hydroxyl groups is 1. The minimum Gasteiger partial charge on any atom is -0.493 e. The lowest BCUT2D eigenvalue weighted by molar-refractivity contribution is 0.0950. The summed E-state index contributed by atoms with van der Waals surface area (Å²) in [5.74, 6) is -0.333. The van der Waals surface area contributed by atoms with Gasteiger partial charge in [-0.1, -0.05) is 6.42 Å². The molecule has 1 saturated heterocycles. The second kappa shape index (κ2) is 9.94. The smallest absolute Gasteiger partial charge is 0.326 e. The lowest BCUT2D eigenvalue weighted by Gasteiger charge is -2.26. The van der Waals surface area contributed by atoms with Crippen molar-refractivity contribution in [3.63, 3.8) is 0 Å². The molecule has 1 aliphatic carbocycles. The molecular formula is C25H28N8O3S. The molecule has 12 heteroatoms. The lowest BCUT2D eigenvalue weighted by atomic mass is 10.1. The van der Waals surface area contributed by atoms with Crippen LogP contribution in [-0.4, -0.2) is 72.7 Å². The molecule has 0 spiro atoms. The highest BCUT2D eigenvalue weighted by Crippen LogP contribution is 2.27. The number of likely N-dealkylation sites (tertiary alicyclic amines) is 1. The zero-order chi connectivity index (χ0) is 25.4. The van der Waals surface area contributed by atoms with Crippen molar-refractivity contribution < 1.29 is 9.90 Å². The summed E-state index contributed by atoms with van der Waals surface area (Å²) in [4.78, 5) is 42.7. The first kappa shape index (κ1) is 23.6. The summed E-state index contributed by atoms with van der Waals surface area (Å²) in [5.41, 5.74) is 1.64. The van der Waals surface area contributed by atoms with E-state index in [1.165, 1.54) is 30.6 Å². The fraction of sp³-hybridized carbons (Fsp3) is 0.400. The predicted octanol–water partition coefficient (Wildman–Crippen LogP) is 1.01. The number of fused-ring (bicyclic) bond motifs is 1. The number of H-pyrrole nitrogens is 2. The number of hydrogen-bond acceptors (Lipinski definition) is 8. The van der Waals surface area contributed by atoms with E-state index < -0.39 is 5.69 Å². The van der Waals surface area contributed by atoms with E-state index in [-0.39, 0.29) is 23.5 Å². The number of imidazole rings is 1.